The Hall–Kier alpha value is -0.380. The van der Waals surface area contributed by atoms with E-state index in [1.807, 2.05) is 0 Å². The molecule has 2 nitrogen and oxygen atoms in total. The maximum Gasteiger partial charge on any atom is 0.0431 e. The van der Waals surface area contributed by atoms with Gasteiger partial charge in [0.1, 0.15) is 0 Å². The van der Waals surface area contributed by atoms with Crippen LogP contribution in [0.2, 0.25) is 0 Å². The Labute approximate surface area is 77.2 Å². The molecule has 0 radical (unpaired) electrons. The lowest BCUT2D eigenvalue weighted by atomic mass is 10.3. The predicted octanol–water partition coefficient (Wildman–Crippen LogP) is 1.61. The standard InChI is InChI=1S/C9H15NOS/c11-5-2-1-4-10-7-9-3-6-12-8-9/h3,6,8,10-11H,1-2,4-5,7H2. The summed E-state index contributed by atoms with van der Waals surface area (Å²) >= 11 is 1.73. The molecule has 1 aromatic heterocycles. The molecule has 0 aliphatic rings. The fraction of sp³-hybridized carbons (Fsp3) is 0.556. The van der Waals surface area contributed by atoms with Crippen LogP contribution in [0, 0.1) is 0 Å². The second-order valence-electron chi connectivity index (χ2n) is 2.74. The lowest BCUT2D eigenvalue weighted by Gasteiger charge is -2.01. The summed E-state index contributed by atoms with van der Waals surface area (Å²) in [5.41, 5.74) is 1.35. The molecule has 0 atom stereocenters. The molecule has 2 N–H and O–H groups in total. The Morgan fingerprint density at radius 3 is 3.00 bits per heavy atom. The van der Waals surface area contributed by atoms with Crippen LogP contribution in [0.15, 0.2) is 16.8 Å². The summed E-state index contributed by atoms with van der Waals surface area (Å²) in [5, 5.41) is 16.1. The highest BCUT2D eigenvalue weighted by atomic mass is 32.1. The lowest BCUT2D eigenvalue weighted by molar-refractivity contribution is 0.283. The van der Waals surface area contributed by atoms with Crippen LogP contribution in [0.5, 0.6) is 0 Å². The maximum atomic E-state index is 8.52. The quantitative estimate of drug-likeness (QED) is 0.660. The highest BCUT2D eigenvalue weighted by molar-refractivity contribution is 7.07. The van der Waals surface area contributed by atoms with Crippen molar-refractivity contribution in [1.82, 2.24) is 5.32 Å². The first-order valence-electron chi connectivity index (χ1n) is 4.26. The van der Waals surface area contributed by atoms with Crippen LogP contribution in [0.25, 0.3) is 0 Å². The fourth-order valence-corrected chi connectivity index (χ4v) is 1.66. The van der Waals surface area contributed by atoms with Gasteiger partial charge >= 0.3 is 0 Å². The van der Waals surface area contributed by atoms with Crippen LogP contribution in [0.3, 0.4) is 0 Å². The topological polar surface area (TPSA) is 32.3 Å². The van der Waals surface area contributed by atoms with Crippen LogP contribution < -0.4 is 5.32 Å². The molecule has 12 heavy (non-hydrogen) atoms. The normalized spacial score (nSPS) is 10.4. The average molecular weight is 185 g/mol. The van der Waals surface area contributed by atoms with Gasteiger partial charge in [-0.3, -0.25) is 0 Å². The van der Waals surface area contributed by atoms with Gasteiger partial charge < -0.3 is 10.4 Å². The van der Waals surface area contributed by atoms with E-state index in [2.05, 4.69) is 22.1 Å². The molecule has 0 saturated carbocycles. The number of nitrogens with one attached hydrogen (secondary N) is 1. The van der Waals surface area contributed by atoms with E-state index in [1.165, 1.54) is 5.56 Å². The first-order valence-corrected chi connectivity index (χ1v) is 5.20. The van der Waals surface area contributed by atoms with E-state index >= 15 is 0 Å². The van der Waals surface area contributed by atoms with Crippen molar-refractivity contribution in [2.75, 3.05) is 13.2 Å². The molecule has 0 aromatic carbocycles. The number of aliphatic hydroxyl groups excluding tert-OH is 1. The van der Waals surface area contributed by atoms with Gasteiger partial charge in [0.25, 0.3) is 0 Å². The molecule has 0 unspecified atom stereocenters. The van der Waals surface area contributed by atoms with E-state index < -0.39 is 0 Å². The summed E-state index contributed by atoms with van der Waals surface area (Å²) < 4.78 is 0. The molecule has 0 amide bonds. The van der Waals surface area contributed by atoms with Crippen LogP contribution >= 0.6 is 11.3 Å². The zero-order valence-corrected chi connectivity index (χ0v) is 7.94. The average Bonchev–Trinajstić information content (AvgIpc) is 2.57. The summed E-state index contributed by atoms with van der Waals surface area (Å²) in [6.07, 6.45) is 1.96. The van der Waals surface area contributed by atoms with Crippen LogP contribution in [0.1, 0.15) is 18.4 Å². The van der Waals surface area contributed by atoms with Gasteiger partial charge in [0.05, 0.1) is 0 Å². The van der Waals surface area contributed by atoms with E-state index in [1.54, 1.807) is 11.3 Å². The molecule has 68 valence electrons. The van der Waals surface area contributed by atoms with Crippen molar-refractivity contribution in [3.63, 3.8) is 0 Å². The Morgan fingerprint density at radius 1 is 1.42 bits per heavy atom. The van der Waals surface area contributed by atoms with Crippen molar-refractivity contribution in [2.24, 2.45) is 0 Å². The Kier molecular flexibility index (Phi) is 4.99. The minimum Gasteiger partial charge on any atom is -0.396 e. The maximum absolute atomic E-state index is 8.52. The van der Waals surface area contributed by atoms with Crippen LogP contribution in [-0.2, 0) is 6.54 Å². The van der Waals surface area contributed by atoms with Crippen molar-refractivity contribution >= 4 is 11.3 Å². The fourth-order valence-electron chi connectivity index (χ4n) is 0.988. The predicted molar refractivity (Wildman–Crippen MR) is 52.3 cm³/mol. The van der Waals surface area contributed by atoms with Crippen molar-refractivity contribution in [3.05, 3.63) is 22.4 Å². The molecule has 0 aliphatic carbocycles. The second-order valence-corrected chi connectivity index (χ2v) is 3.52. The number of unbranched alkanes of at least 4 members (excludes halogenated alkanes) is 1. The molecule has 0 spiro atoms. The smallest absolute Gasteiger partial charge is 0.0431 e. The number of thiophene rings is 1. The van der Waals surface area contributed by atoms with Crippen LogP contribution in [0.4, 0.5) is 0 Å². The summed E-state index contributed by atoms with van der Waals surface area (Å²) in [6, 6.07) is 2.13. The third-order valence-corrected chi connectivity index (χ3v) is 2.40. The second kappa shape index (κ2) is 6.17. The van der Waals surface area contributed by atoms with Gasteiger partial charge in [-0.25, -0.2) is 0 Å². The van der Waals surface area contributed by atoms with Crippen molar-refractivity contribution < 1.29 is 5.11 Å². The highest BCUT2D eigenvalue weighted by Gasteiger charge is 1.91. The minimum atomic E-state index is 0.306. The summed E-state index contributed by atoms with van der Waals surface area (Å²) in [6.45, 7) is 2.26. The van der Waals surface area contributed by atoms with Crippen molar-refractivity contribution in [2.45, 2.75) is 19.4 Å². The highest BCUT2D eigenvalue weighted by Crippen LogP contribution is 2.04. The first-order chi connectivity index (χ1) is 5.93. The van der Waals surface area contributed by atoms with Gasteiger partial charge in [0.15, 0.2) is 0 Å². The van der Waals surface area contributed by atoms with Gasteiger partial charge in [0.2, 0.25) is 0 Å². The molecular formula is C9H15NOS. The molecule has 1 heterocycles. The van der Waals surface area contributed by atoms with Crippen LogP contribution in [-0.4, -0.2) is 18.3 Å². The minimum absolute atomic E-state index is 0.306. The molecular weight excluding hydrogens is 170 g/mol. The number of hydrogen-bond donors (Lipinski definition) is 2. The van der Waals surface area contributed by atoms with Gasteiger partial charge in [-0.2, -0.15) is 11.3 Å². The van der Waals surface area contributed by atoms with E-state index in [0.717, 1.165) is 25.9 Å². The Morgan fingerprint density at radius 2 is 2.33 bits per heavy atom. The number of aliphatic hydroxyl groups is 1. The number of hydrogen-bond acceptors (Lipinski definition) is 3. The summed E-state index contributed by atoms with van der Waals surface area (Å²) in [4.78, 5) is 0. The third-order valence-electron chi connectivity index (χ3n) is 1.67. The molecule has 1 aromatic rings. The van der Waals surface area contributed by atoms with E-state index in [9.17, 15) is 0 Å². The number of rotatable bonds is 6. The lowest BCUT2D eigenvalue weighted by Crippen LogP contribution is -2.14. The third kappa shape index (κ3) is 3.85. The zero-order chi connectivity index (χ0) is 8.65. The van der Waals surface area contributed by atoms with E-state index in [-0.39, 0.29) is 0 Å². The molecule has 0 bridgehead atoms. The Bertz CT molecular complexity index is 186. The molecule has 0 fully saturated rings. The van der Waals surface area contributed by atoms with E-state index in [4.69, 9.17) is 5.11 Å². The van der Waals surface area contributed by atoms with Crippen molar-refractivity contribution in [3.8, 4) is 0 Å². The Balaban J connectivity index is 1.96. The van der Waals surface area contributed by atoms with Crippen molar-refractivity contribution in [1.29, 1.82) is 0 Å². The molecule has 3 heteroatoms. The van der Waals surface area contributed by atoms with Gasteiger partial charge in [-0.15, -0.1) is 0 Å². The van der Waals surface area contributed by atoms with Gasteiger partial charge in [0, 0.05) is 13.2 Å². The molecule has 1 rings (SSSR count). The summed E-state index contributed by atoms with van der Waals surface area (Å²) in [7, 11) is 0. The summed E-state index contributed by atoms with van der Waals surface area (Å²) in [5.74, 6) is 0. The molecule has 0 aliphatic heterocycles. The molecule has 0 saturated heterocycles. The largest absolute Gasteiger partial charge is 0.396 e. The monoisotopic (exact) mass is 185 g/mol. The first kappa shape index (κ1) is 9.71. The van der Waals surface area contributed by atoms with Gasteiger partial charge in [-0.1, -0.05) is 0 Å². The van der Waals surface area contributed by atoms with E-state index in [0.29, 0.717) is 6.61 Å². The van der Waals surface area contributed by atoms with Gasteiger partial charge in [-0.05, 0) is 41.8 Å². The SMILES string of the molecule is OCCCCNCc1ccsc1. The zero-order valence-electron chi connectivity index (χ0n) is 7.12.